The van der Waals surface area contributed by atoms with Crippen molar-refractivity contribution in [3.63, 3.8) is 0 Å². The van der Waals surface area contributed by atoms with Crippen LogP contribution in [0, 0.1) is 0 Å². The van der Waals surface area contributed by atoms with Crippen LogP contribution >= 0.6 is 0 Å². The van der Waals surface area contributed by atoms with Gasteiger partial charge in [-0.25, -0.2) is 0 Å². The van der Waals surface area contributed by atoms with Gasteiger partial charge >= 0.3 is 0 Å². The minimum Gasteiger partial charge on any atom is -0.369 e. The molecule has 2 atom stereocenters. The molecule has 0 bridgehead atoms. The third-order valence-electron chi connectivity index (χ3n) is 3.64. The van der Waals surface area contributed by atoms with Crippen molar-refractivity contribution in [2.75, 3.05) is 11.4 Å². The minimum atomic E-state index is 0.170. The number of nitrogens with zero attached hydrogens (tertiary/aromatic N) is 1. The van der Waals surface area contributed by atoms with Crippen LogP contribution in [0.15, 0.2) is 24.3 Å². The maximum atomic E-state index is 6.18. The van der Waals surface area contributed by atoms with Crippen LogP contribution in [0.2, 0.25) is 0 Å². The Labute approximate surface area is 98.4 Å². The number of para-hydroxylation sites is 1. The molecule has 2 unspecified atom stereocenters. The van der Waals surface area contributed by atoms with E-state index in [1.165, 1.54) is 30.6 Å². The number of benzene rings is 1. The lowest BCUT2D eigenvalue weighted by molar-refractivity contribution is 0.682. The molecule has 2 N–H and O–H groups in total. The van der Waals surface area contributed by atoms with Crippen molar-refractivity contribution in [2.24, 2.45) is 5.73 Å². The summed E-state index contributed by atoms with van der Waals surface area (Å²) in [4.78, 5) is 2.50. The van der Waals surface area contributed by atoms with Crippen LogP contribution in [0.3, 0.4) is 0 Å². The highest BCUT2D eigenvalue weighted by Gasteiger charge is 2.23. The zero-order valence-corrected chi connectivity index (χ0v) is 10.3. The molecule has 1 aliphatic heterocycles. The van der Waals surface area contributed by atoms with Crippen LogP contribution in [-0.4, -0.2) is 12.6 Å². The summed E-state index contributed by atoms with van der Waals surface area (Å²) in [5, 5.41) is 0. The molecule has 16 heavy (non-hydrogen) atoms. The van der Waals surface area contributed by atoms with Gasteiger partial charge in [0.2, 0.25) is 0 Å². The number of hydrogen-bond donors (Lipinski definition) is 1. The summed E-state index contributed by atoms with van der Waals surface area (Å²) in [6.45, 7) is 5.63. The van der Waals surface area contributed by atoms with Gasteiger partial charge in [-0.3, -0.25) is 0 Å². The van der Waals surface area contributed by atoms with E-state index in [4.69, 9.17) is 5.73 Å². The third kappa shape index (κ3) is 2.07. The number of hydrogen-bond acceptors (Lipinski definition) is 2. The Balaban J connectivity index is 2.32. The molecule has 2 nitrogen and oxygen atoms in total. The summed E-state index contributed by atoms with van der Waals surface area (Å²) >= 11 is 0. The van der Waals surface area contributed by atoms with Gasteiger partial charge < -0.3 is 10.6 Å². The molecule has 0 saturated carbocycles. The van der Waals surface area contributed by atoms with Crippen LogP contribution in [0.1, 0.15) is 44.7 Å². The molecule has 1 aromatic rings. The van der Waals surface area contributed by atoms with Crippen LogP contribution in [0.25, 0.3) is 0 Å². The van der Waals surface area contributed by atoms with Gasteiger partial charge in [-0.15, -0.1) is 0 Å². The van der Waals surface area contributed by atoms with E-state index < -0.39 is 0 Å². The molecule has 0 aliphatic carbocycles. The van der Waals surface area contributed by atoms with Crippen LogP contribution in [0.4, 0.5) is 5.69 Å². The lowest BCUT2D eigenvalue weighted by Crippen LogP contribution is -2.28. The quantitative estimate of drug-likeness (QED) is 0.844. The Bertz CT molecular complexity index is 348. The van der Waals surface area contributed by atoms with Crippen LogP contribution in [0.5, 0.6) is 0 Å². The molecule has 0 aromatic heterocycles. The average Bonchev–Trinajstić information content (AvgIpc) is 2.74. The van der Waals surface area contributed by atoms with E-state index >= 15 is 0 Å². The smallest absolute Gasteiger partial charge is 0.0417 e. The first-order valence-corrected chi connectivity index (χ1v) is 6.35. The minimum absolute atomic E-state index is 0.170. The van der Waals surface area contributed by atoms with Crippen molar-refractivity contribution in [3.05, 3.63) is 29.8 Å². The predicted octanol–water partition coefficient (Wildman–Crippen LogP) is 3.09. The number of anilines is 1. The molecular weight excluding hydrogens is 196 g/mol. The van der Waals surface area contributed by atoms with E-state index in [9.17, 15) is 0 Å². The maximum absolute atomic E-state index is 6.18. The fourth-order valence-electron chi connectivity index (χ4n) is 2.57. The summed E-state index contributed by atoms with van der Waals surface area (Å²) in [6.07, 6.45) is 3.60. The third-order valence-corrected chi connectivity index (χ3v) is 3.64. The topological polar surface area (TPSA) is 29.3 Å². The molecule has 2 rings (SSSR count). The van der Waals surface area contributed by atoms with E-state index in [2.05, 4.69) is 43.0 Å². The number of nitrogens with two attached hydrogens (primary N) is 1. The molecule has 0 spiro atoms. The Morgan fingerprint density at radius 2 is 2.19 bits per heavy atom. The average molecular weight is 218 g/mol. The van der Waals surface area contributed by atoms with E-state index in [0.717, 1.165) is 6.42 Å². The van der Waals surface area contributed by atoms with Gasteiger partial charge in [-0.1, -0.05) is 25.1 Å². The normalized spacial score (nSPS) is 22.4. The van der Waals surface area contributed by atoms with Gasteiger partial charge in [0.15, 0.2) is 0 Å². The second-order valence-electron chi connectivity index (χ2n) is 4.76. The Hall–Kier alpha value is -1.02. The summed E-state index contributed by atoms with van der Waals surface area (Å²) in [7, 11) is 0. The predicted molar refractivity (Wildman–Crippen MR) is 69.7 cm³/mol. The first-order chi connectivity index (χ1) is 7.74. The summed E-state index contributed by atoms with van der Waals surface area (Å²) in [5.74, 6) is 0. The highest BCUT2D eigenvalue weighted by atomic mass is 15.2. The second kappa shape index (κ2) is 4.88. The fourth-order valence-corrected chi connectivity index (χ4v) is 2.57. The van der Waals surface area contributed by atoms with Gasteiger partial charge in [0.05, 0.1) is 0 Å². The van der Waals surface area contributed by atoms with Gasteiger partial charge in [-0.05, 0) is 37.8 Å². The SMILES string of the molecule is CCC(N)c1ccccc1N1CCCC1C. The summed E-state index contributed by atoms with van der Waals surface area (Å²) in [6, 6.07) is 9.43. The van der Waals surface area contributed by atoms with Crippen molar-refractivity contribution in [2.45, 2.75) is 45.2 Å². The van der Waals surface area contributed by atoms with E-state index in [-0.39, 0.29) is 6.04 Å². The molecule has 1 aliphatic rings. The van der Waals surface area contributed by atoms with Crippen molar-refractivity contribution in [1.82, 2.24) is 0 Å². The molecule has 1 aromatic carbocycles. The van der Waals surface area contributed by atoms with Gasteiger partial charge in [0.25, 0.3) is 0 Å². The zero-order chi connectivity index (χ0) is 11.5. The molecule has 1 fully saturated rings. The Kier molecular flexibility index (Phi) is 3.49. The van der Waals surface area contributed by atoms with Crippen molar-refractivity contribution in [3.8, 4) is 0 Å². The molecule has 0 radical (unpaired) electrons. The lowest BCUT2D eigenvalue weighted by Gasteiger charge is -2.28. The maximum Gasteiger partial charge on any atom is 0.0417 e. The fraction of sp³-hybridized carbons (Fsp3) is 0.571. The molecule has 2 heteroatoms. The van der Waals surface area contributed by atoms with E-state index in [1.54, 1.807) is 0 Å². The van der Waals surface area contributed by atoms with Gasteiger partial charge in [-0.2, -0.15) is 0 Å². The highest BCUT2D eigenvalue weighted by molar-refractivity contribution is 5.56. The highest BCUT2D eigenvalue weighted by Crippen LogP contribution is 2.31. The first kappa shape index (κ1) is 11.5. The van der Waals surface area contributed by atoms with Crippen LogP contribution < -0.4 is 10.6 Å². The van der Waals surface area contributed by atoms with E-state index in [1.807, 2.05) is 0 Å². The van der Waals surface area contributed by atoms with Crippen molar-refractivity contribution < 1.29 is 0 Å². The first-order valence-electron chi connectivity index (χ1n) is 6.35. The Morgan fingerprint density at radius 3 is 2.81 bits per heavy atom. The monoisotopic (exact) mass is 218 g/mol. The molecule has 1 saturated heterocycles. The zero-order valence-electron chi connectivity index (χ0n) is 10.3. The van der Waals surface area contributed by atoms with Crippen molar-refractivity contribution in [1.29, 1.82) is 0 Å². The molecule has 88 valence electrons. The van der Waals surface area contributed by atoms with Crippen LogP contribution in [-0.2, 0) is 0 Å². The standard InChI is InChI=1S/C14H22N2/c1-3-13(15)12-8-4-5-9-14(12)16-10-6-7-11(16)2/h4-5,8-9,11,13H,3,6-7,10,15H2,1-2H3. The van der Waals surface area contributed by atoms with Gasteiger partial charge in [0, 0.05) is 24.3 Å². The molecule has 0 amide bonds. The Morgan fingerprint density at radius 1 is 1.44 bits per heavy atom. The largest absolute Gasteiger partial charge is 0.369 e. The molecule has 1 heterocycles. The summed E-state index contributed by atoms with van der Waals surface area (Å²) < 4.78 is 0. The molecular formula is C14H22N2. The number of rotatable bonds is 3. The summed E-state index contributed by atoms with van der Waals surface area (Å²) in [5.41, 5.74) is 8.83. The van der Waals surface area contributed by atoms with Gasteiger partial charge in [0.1, 0.15) is 0 Å². The van der Waals surface area contributed by atoms with E-state index in [0.29, 0.717) is 6.04 Å². The lowest BCUT2D eigenvalue weighted by atomic mass is 10.0. The second-order valence-corrected chi connectivity index (χ2v) is 4.76. The van der Waals surface area contributed by atoms with Crippen molar-refractivity contribution >= 4 is 5.69 Å².